The van der Waals surface area contributed by atoms with Crippen molar-refractivity contribution in [2.45, 2.75) is 25.6 Å². The Hall–Kier alpha value is -1.18. The summed E-state index contributed by atoms with van der Waals surface area (Å²) in [6.07, 6.45) is -2.52. The molecule has 2 unspecified atom stereocenters. The second-order valence-electron chi connectivity index (χ2n) is 2.48. The quantitative estimate of drug-likeness (QED) is 0.372. The minimum absolute atomic E-state index is 0.167. The summed E-state index contributed by atoms with van der Waals surface area (Å²) >= 11 is 0. The minimum Gasteiger partial charge on any atom is -0.481 e. The maximum absolute atomic E-state index is 9.65. The third-order valence-electron chi connectivity index (χ3n) is 0.928. The van der Waals surface area contributed by atoms with E-state index in [0.717, 1.165) is 0 Å². The van der Waals surface area contributed by atoms with Crippen LogP contribution in [0.15, 0.2) is 0 Å². The van der Waals surface area contributed by atoms with Crippen molar-refractivity contribution >= 4 is 11.9 Å². The molecule has 0 amide bonds. The summed E-state index contributed by atoms with van der Waals surface area (Å²) in [6.45, 7) is 0.712. The van der Waals surface area contributed by atoms with Gasteiger partial charge in [-0.3, -0.25) is 4.79 Å². The summed E-state index contributed by atoms with van der Waals surface area (Å²) < 4.78 is 0. The number of carboxylic acid groups (broad SMARTS) is 2. The summed E-state index contributed by atoms with van der Waals surface area (Å²) in [7, 11) is 0. The number of hydrogen-bond acceptors (Lipinski definition) is 5. The zero-order chi connectivity index (χ0) is 11.7. The summed E-state index contributed by atoms with van der Waals surface area (Å²) in [5.74, 6) is -2.36. The van der Waals surface area contributed by atoms with E-state index < -0.39 is 30.8 Å². The third kappa shape index (κ3) is 13.4. The number of rotatable bonds is 4. The molecule has 0 heterocycles. The van der Waals surface area contributed by atoms with Crippen LogP contribution in [0.1, 0.15) is 13.3 Å². The average Bonchev–Trinajstić information content (AvgIpc) is 2.01. The van der Waals surface area contributed by atoms with E-state index in [0.29, 0.717) is 0 Å². The monoisotopic (exact) mass is 210 g/mol. The van der Waals surface area contributed by atoms with Crippen molar-refractivity contribution in [2.75, 3.05) is 6.61 Å². The maximum atomic E-state index is 9.65. The standard InChI is InChI=1S/C4H8O3.C3H6O4/c1-3(5)2-4(6)7;4-1-2(5)3(6)7/h3,5H,2H2,1H3,(H,6,7);2,4-5H,1H2,(H,6,7). The van der Waals surface area contributed by atoms with Gasteiger partial charge < -0.3 is 25.5 Å². The Kier molecular flexibility index (Phi) is 9.20. The van der Waals surface area contributed by atoms with Gasteiger partial charge in [0.25, 0.3) is 0 Å². The van der Waals surface area contributed by atoms with Crippen molar-refractivity contribution in [2.24, 2.45) is 0 Å². The molecular formula is C7H14O7. The Morgan fingerprint density at radius 1 is 1.21 bits per heavy atom. The molecule has 0 aromatic heterocycles. The van der Waals surface area contributed by atoms with Crippen LogP contribution in [0.2, 0.25) is 0 Å². The smallest absolute Gasteiger partial charge is 0.334 e. The van der Waals surface area contributed by atoms with Gasteiger partial charge in [0.15, 0.2) is 6.10 Å². The molecule has 0 saturated heterocycles. The number of carbonyl (C=O) groups is 2. The number of aliphatic carboxylic acids is 2. The van der Waals surface area contributed by atoms with E-state index in [2.05, 4.69) is 0 Å². The van der Waals surface area contributed by atoms with Crippen LogP contribution >= 0.6 is 0 Å². The Balaban J connectivity index is 0. The van der Waals surface area contributed by atoms with Gasteiger partial charge in [0.1, 0.15) is 0 Å². The van der Waals surface area contributed by atoms with Crippen LogP contribution in [0.4, 0.5) is 0 Å². The zero-order valence-electron chi connectivity index (χ0n) is 7.62. The molecule has 0 aliphatic rings. The molecule has 0 bridgehead atoms. The van der Waals surface area contributed by atoms with Crippen molar-refractivity contribution in [1.82, 2.24) is 0 Å². The van der Waals surface area contributed by atoms with Crippen LogP contribution in [0.25, 0.3) is 0 Å². The van der Waals surface area contributed by atoms with Crippen LogP contribution in [-0.4, -0.2) is 56.3 Å². The van der Waals surface area contributed by atoms with Crippen LogP contribution in [0.5, 0.6) is 0 Å². The van der Waals surface area contributed by atoms with E-state index in [1.54, 1.807) is 0 Å². The van der Waals surface area contributed by atoms with Crippen LogP contribution in [0, 0.1) is 0 Å². The second kappa shape index (κ2) is 8.42. The fourth-order valence-corrected chi connectivity index (χ4v) is 0.331. The van der Waals surface area contributed by atoms with E-state index in [1.807, 2.05) is 0 Å². The van der Waals surface area contributed by atoms with Gasteiger partial charge in [-0.2, -0.15) is 0 Å². The first-order valence-corrected chi connectivity index (χ1v) is 3.72. The number of aliphatic hydroxyl groups is 3. The van der Waals surface area contributed by atoms with Crippen LogP contribution in [0.3, 0.4) is 0 Å². The highest BCUT2D eigenvalue weighted by atomic mass is 16.4. The SMILES string of the molecule is CC(O)CC(=O)O.O=C(O)C(O)CO. The molecule has 7 nitrogen and oxygen atoms in total. The number of aliphatic hydroxyl groups excluding tert-OH is 3. The molecule has 0 fully saturated rings. The summed E-state index contributed by atoms with van der Waals surface area (Å²) in [5, 5.41) is 40.0. The average molecular weight is 210 g/mol. The molecule has 0 saturated carbocycles. The van der Waals surface area contributed by atoms with Gasteiger partial charge in [0, 0.05) is 0 Å². The van der Waals surface area contributed by atoms with E-state index in [-0.39, 0.29) is 6.42 Å². The Morgan fingerprint density at radius 2 is 1.64 bits per heavy atom. The van der Waals surface area contributed by atoms with Crippen molar-refractivity contribution in [3.05, 3.63) is 0 Å². The van der Waals surface area contributed by atoms with Gasteiger partial charge in [0.05, 0.1) is 19.1 Å². The van der Waals surface area contributed by atoms with E-state index >= 15 is 0 Å². The van der Waals surface area contributed by atoms with Gasteiger partial charge in [-0.25, -0.2) is 4.79 Å². The molecule has 0 aliphatic carbocycles. The van der Waals surface area contributed by atoms with Gasteiger partial charge in [-0.15, -0.1) is 0 Å². The topological polar surface area (TPSA) is 135 Å². The summed E-state index contributed by atoms with van der Waals surface area (Å²) in [4.78, 5) is 19.2. The molecule has 2 atom stereocenters. The number of hydrogen-bond donors (Lipinski definition) is 5. The predicted octanol–water partition coefficient (Wildman–Crippen LogP) is -1.73. The van der Waals surface area contributed by atoms with E-state index in [9.17, 15) is 9.59 Å². The van der Waals surface area contributed by atoms with Crippen molar-refractivity contribution in [3.63, 3.8) is 0 Å². The number of carboxylic acids is 2. The van der Waals surface area contributed by atoms with Gasteiger partial charge in [-0.05, 0) is 6.92 Å². The Morgan fingerprint density at radius 3 is 1.64 bits per heavy atom. The van der Waals surface area contributed by atoms with Gasteiger partial charge >= 0.3 is 11.9 Å². The molecule has 7 heteroatoms. The third-order valence-corrected chi connectivity index (χ3v) is 0.928. The summed E-state index contributed by atoms with van der Waals surface area (Å²) in [5.41, 5.74) is 0. The predicted molar refractivity (Wildman–Crippen MR) is 44.7 cm³/mol. The zero-order valence-corrected chi connectivity index (χ0v) is 7.62. The highest BCUT2D eigenvalue weighted by molar-refractivity contribution is 5.71. The lowest BCUT2D eigenvalue weighted by Gasteiger charge is -1.95. The maximum Gasteiger partial charge on any atom is 0.334 e. The Labute approximate surface area is 80.2 Å². The molecule has 5 N–H and O–H groups in total. The molecular weight excluding hydrogens is 196 g/mol. The van der Waals surface area contributed by atoms with Crippen molar-refractivity contribution in [1.29, 1.82) is 0 Å². The highest BCUT2D eigenvalue weighted by Gasteiger charge is 2.08. The lowest BCUT2D eigenvalue weighted by atomic mass is 10.3. The normalized spacial score (nSPS) is 13.4. The molecule has 0 aliphatic heterocycles. The van der Waals surface area contributed by atoms with E-state index in [4.69, 9.17) is 25.5 Å². The molecule has 14 heavy (non-hydrogen) atoms. The van der Waals surface area contributed by atoms with Crippen LogP contribution in [-0.2, 0) is 9.59 Å². The molecule has 0 aromatic carbocycles. The molecule has 0 rings (SSSR count). The van der Waals surface area contributed by atoms with Gasteiger partial charge in [0.2, 0.25) is 0 Å². The van der Waals surface area contributed by atoms with Crippen LogP contribution < -0.4 is 0 Å². The molecule has 84 valence electrons. The molecule has 0 aromatic rings. The fraction of sp³-hybridized carbons (Fsp3) is 0.714. The van der Waals surface area contributed by atoms with E-state index in [1.165, 1.54) is 6.92 Å². The molecule has 0 spiro atoms. The fourth-order valence-electron chi connectivity index (χ4n) is 0.331. The first-order valence-electron chi connectivity index (χ1n) is 3.72. The lowest BCUT2D eigenvalue weighted by Crippen LogP contribution is -2.22. The van der Waals surface area contributed by atoms with Crippen molar-refractivity contribution in [3.8, 4) is 0 Å². The lowest BCUT2D eigenvalue weighted by molar-refractivity contribution is -0.148. The highest BCUT2D eigenvalue weighted by Crippen LogP contribution is 1.85. The van der Waals surface area contributed by atoms with Gasteiger partial charge in [-0.1, -0.05) is 0 Å². The first kappa shape index (κ1) is 15.3. The van der Waals surface area contributed by atoms with Crippen molar-refractivity contribution < 1.29 is 35.1 Å². The molecule has 0 radical (unpaired) electrons. The summed E-state index contributed by atoms with van der Waals surface area (Å²) in [6, 6.07) is 0. The largest absolute Gasteiger partial charge is 0.481 e. The minimum atomic E-state index is -1.63. The Bertz CT molecular complexity index is 177. The second-order valence-corrected chi connectivity index (χ2v) is 2.48. The first-order chi connectivity index (χ1) is 6.31.